The summed E-state index contributed by atoms with van der Waals surface area (Å²) < 4.78 is 0. The van der Waals surface area contributed by atoms with Crippen LogP contribution in [0.15, 0.2) is 0 Å². The summed E-state index contributed by atoms with van der Waals surface area (Å²) in [5.41, 5.74) is -0.239. The lowest BCUT2D eigenvalue weighted by Gasteiger charge is -2.58. The van der Waals surface area contributed by atoms with Gasteiger partial charge in [-0.05, 0) is 43.9 Å². The smallest absolute Gasteiger partial charge is 0.130 e. The highest BCUT2D eigenvalue weighted by atomic mass is 16.3. The fraction of sp³-hybridized carbons (Fsp3) is 0.846. The lowest BCUT2D eigenvalue weighted by Crippen LogP contribution is -2.58. The Morgan fingerprint density at radius 1 is 1.00 bits per heavy atom. The molecule has 0 amide bonds. The number of hydrogen-bond acceptors (Lipinski definition) is 1. The van der Waals surface area contributed by atoms with E-state index in [1.165, 1.54) is 12.8 Å². The summed E-state index contributed by atoms with van der Waals surface area (Å²) in [5.74, 6) is 2.62. The van der Waals surface area contributed by atoms with Gasteiger partial charge in [-0.3, -0.25) is 0 Å². The molecule has 0 aromatic rings. The van der Waals surface area contributed by atoms with E-state index in [1.807, 2.05) is 0 Å². The van der Waals surface area contributed by atoms with Gasteiger partial charge in [-0.1, -0.05) is 19.8 Å². The van der Waals surface area contributed by atoms with Gasteiger partial charge < -0.3 is 5.11 Å². The van der Waals surface area contributed by atoms with Gasteiger partial charge in [0.1, 0.15) is 5.60 Å². The van der Waals surface area contributed by atoms with Crippen molar-refractivity contribution in [3.63, 3.8) is 0 Å². The molecule has 0 aromatic carbocycles. The SMILES string of the molecule is C#CC1(O)CCC12CCC(C)(C)CC2. The fourth-order valence-corrected chi connectivity index (χ4v) is 3.01. The van der Waals surface area contributed by atoms with E-state index in [0.717, 1.165) is 25.7 Å². The summed E-state index contributed by atoms with van der Waals surface area (Å²) in [6.07, 6.45) is 12.0. The maximum Gasteiger partial charge on any atom is 0.130 e. The van der Waals surface area contributed by atoms with Crippen LogP contribution in [0.2, 0.25) is 0 Å². The quantitative estimate of drug-likeness (QED) is 0.585. The molecule has 0 aromatic heterocycles. The average Bonchev–Trinajstić information content (AvgIpc) is 2.15. The van der Waals surface area contributed by atoms with Crippen LogP contribution in [-0.4, -0.2) is 10.7 Å². The van der Waals surface area contributed by atoms with Crippen molar-refractivity contribution in [1.29, 1.82) is 0 Å². The van der Waals surface area contributed by atoms with Crippen LogP contribution in [0.4, 0.5) is 0 Å². The largest absolute Gasteiger partial charge is 0.377 e. The van der Waals surface area contributed by atoms with Gasteiger partial charge in [-0.15, -0.1) is 6.42 Å². The molecular weight excluding hydrogens is 172 g/mol. The lowest BCUT2D eigenvalue weighted by atomic mass is 9.49. The molecule has 0 saturated heterocycles. The predicted molar refractivity (Wildman–Crippen MR) is 57.7 cm³/mol. The zero-order valence-electron chi connectivity index (χ0n) is 9.27. The third-order valence-electron chi connectivity index (χ3n) is 4.64. The van der Waals surface area contributed by atoms with Gasteiger partial charge in [-0.2, -0.15) is 0 Å². The van der Waals surface area contributed by atoms with Gasteiger partial charge in [0.2, 0.25) is 0 Å². The third kappa shape index (κ3) is 1.21. The second-order valence-electron chi connectivity index (χ2n) is 5.95. The summed E-state index contributed by atoms with van der Waals surface area (Å²) in [6.45, 7) is 4.63. The molecule has 2 saturated carbocycles. The van der Waals surface area contributed by atoms with Crippen molar-refractivity contribution in [3.05, 3.63) is 0 Å². The van der Waals surface area contributed by atoms with Crippen LogP contribution < -0.4 is 0 Å². The molecule has 78 valence electrons. The Morgan fingerprint density at radius 3 is 1.86 bits per heavy atom. The van der Waals surface area contributed by atoms with Crippen molar-refractivity contribution in [3.8, 4) is 12.3 Å². The van der Waals surface area contributed by atoms with E-state index < -0.39 is 5.60 Å². The Morgan fingerprint density at radius 2 is 1.50 bits per heavy atom. The minimum Gasteiger partial charge on any atom is -0.377 e. The Labute approximate surface area is 86.9 Å². The Hall–Kier alpha value is -0.480. The van der Waals surface area contributed by atoms with Gasteiger partial charge in [0, 0.05) is 5.41 Å². The average molecular weight is 192 g/mol. The fourth-order valence-electron chi connectivity index (χ4n) is 3.01. The molecule has 1 atom stereocenters. The van der Waals surface area contributed by atoms with Crippen molar-refractivity contribution >= 4 is 0 Å². The molecule has 2 fully saturated rings. The summed E-state index contributed by atoms with van der Waals surface area (Å²) in [6, 6.07) is 0. The number of rotatable bonds is 0. The molecule has 2 aliphatic carbocycles. The topological polar surface area (TPSA) is 20.2 Å². The Kier molecular flexibility index (Phi) is 1.98. The molecule has 0 radical (unpaired) electrons. The minimum atomic E-state index is -0.774. The molecule has 1 unspecified atom stereocenters. The second-order valence-corrected chi connectivity index (χ2v) is 5.95. The first-order chi connectivity index (χ1) is 6.43. The van der Waals surface area contributed by atoms with Crippen LogP contribution in [0.3, 0.4) is 0 Å². The van der Waals surface area contributed by atoms with Crippen molar-refractivity contribution in [2.24, 2.45) is 10.8 Å². The highest BCUT2D eigenvalue weighted by molar-refractivity contribution is 5.23. The van der Waals surface area contributed by atoms with Gasteiger partial charge >= 0.3 is 0 Å². The molecular formula is C13H20O. The van der Waals surface area contributed by atoms with Crippen LogP contribution >= 0.6 is 0 Å². The minimum absolute atomic E-state index is 0.0806. The number of hydrogen-bond donors (Lipinski definition) is 1. The van der Waals surface area contributed by atoms with Crippen LogP contribution in [0.1, 0.15) is 52.4 Å². The normalized spacial score (nSPS) is 38.7. The molecule has 1 N–H and O–H groups in total. The maximum atomic E-state index is 10.2. The summed E-state index contributed by atoms with van der Waals surface area (Å²) in [5, 5.41) is 10.2. The van der Waals surface area contributed by atoms with E-state index in [0.29, 0.717) is 5.41 Å². The molecule has 2 rings (SSSR count). The molecule has 1 spiro atoms. The number of aliphatic hydroxyl groups is 1. The predicted octanol–water partition coefficient (Wildman–Crippen LogP) is 2.73. The Bertz CT molecular complexity index is 274. The summed E-state index contributed by atoms with van der Waals surface area (Å²) in [4.78, 5) is 0. The molecule has 2 aliphatic rings. The van der Waals surface area contributed by atoms with Crippen molar-refractivity contribution in [2.45, 2.75) is 58.0 Å². The van der Waals surface area contributed by atoms with Crippen molar-refractivity contribution in [2.75, 3.05) is 0 Å². The molecule has 1 heteroatoms. The van der Waals surface area contributed by atoms with E-state index in [1.54, 1.807) is 0 Å². The van der Waals surface area contributed by atoms with E-state index in [4.69, 9.17) is 6.42 Å². The zero-order chi connectivity index (χ0) is 10.4. The second kappa shape index (κ2) is 2.76. The molecule has 14 heavy (non-hydrogen) atoms. The Balaban J connectivity index is 2.12. The van der Waals surface area contributed by atoms with Crippen LogP contribution in [-0.2, 0) is 0 Å². The first-order valence-electron chi connectivity index (χ1n) is 5.63. The van der Waals surface area contributed by atoms with Crippen LogP contribution in [0.5, 0.6) is 0 Å². The van der Waals surface area contributed by atoms with E-state index >= 15 is 0 Å². The van der Waals surface area contributed by atoms with Crippen LogP contribution in [0.25, 0.3) is 0 Å². The lowest BCUT2D eigenvalue weighted by molar-refractivity contribution is -0.153. The molecule has 0 heterocycles. The van der Waals surface area contributed by atoms with Crippen molar-refractivity contribution in [1.82, 2.24) is 0 Å². The van der Waals surface area contributed by atoms with Gasteiger partial charge in [-0.25, -0.2) is 0 Å². The molecule has 1 nitrogen and oxygen atoms in total. The first-order valence-corrected chi connectivity index (χ1v) is 5.63. The van der Waals surface area contributed by atoms with E-state index in [-0.39, 0.29) is 5.41 Å². The highest BCUT2D eigenvalue weighted by Crippen LogP contribution is 2.60. The highest BCUT2D eigenvalue weighted by Gasteiger charge is 2.58. The van der Waals surface area contributed by atoms with E-state index in [2.05, 4.69) is 19.8 Å². The monoisotopic (exact) mass is 192 g/mol. The molecule has 0 bridgehead atoms. The molecule has 0 aliphatic heterocycles. The third-order valence-corrected chi connectivity index (χ3v) is 4.64. The van der Waals surface area contributed by atoms with Gasteiger partial charge in [0.25, 0.3) is 0 Å². The van der Waals surface area contributed by atoms with Crippen molar-refractivity contribution < 1.29 is 5.11 Å². The van der Waals surface area contributed by atoms with Gasteiger partial charge in [0.15, 0.2) is 0 Å². The zero-order valence-corrected chi connectivity index (χ0v) is 9.27. The summed E-state index contributed by atoms with van der Waals surface area (Å²) in [7, 11) is 0. The number of terminal acetylenes is 1. The maximum absolute atomic E-state index is 10.2. The van der Waals surface area contributed by atoms with Crippen LogP contribution in [0, 0.1) is 23.2 Å². The summed E-state index contributed by atoms with van der Waals surface area (Å²) >= 11 is 0. The van der Waals surface area contributed by atoms with Gasteiger partial charge in [0.05, 0.1) is 0 Å². The standard InChI is InChI=1S/C13H20O/c1-4-13(14)10-9-12(13)7-5-11(2,3)6-8-12/h1,14H,5-10H2,2-3H3. The van der Waals surface area contributed by atoms with E-state index in [9.17, 15) is 5.11 Å². The first kappa shape index (κ1) is 10.1.